The molecule has 1 atom stereocenters. The van der Waals surface area contributed by atoms with Gasteiger partial charge in [0.25, 0.3) is 5.91 Å². The normalized spacial score (nSPS) is 17.3. The van der Waals surface area contributed by atoms with Crippen LogP contribution in [0, 0.1) is 11.8 Å². The molecule has 0 bridgehead atoms. The first-order valence-electron chi connectivity index (χ1n) is 13.2. The zero-order valence-electron chi connectivity index (χ0n) is 21.6. The summed E-state index contributed by atoms with van der Waals surface area (Å²) < 4.78 is 12.6. The van der Waals surface area contributed by atoms with Crippen molar-refractivity contribution in [3.05, 3.63) is 83.9 Å². The van der Waals surface area contributed by atoms with E-state index in [9.17, 15) is 4.79 Å². The lowest BCUT2D eigenvalue weighted by Gasteiger charge is -2.39. The van der Waals surface area contributed by atoms with Crippen LogP contribution in [0.3, 0.4) is 0 Å². The highest BCUT2D eigenvalue weighted by Gasteiger charge is 2.37. The Morgan fingerprint density at radius 1 is 0.974 bits per heavy atom. The van der Waals surface area contributed by atoms with E-state index in [4.69, 9.17) is 21.1 Å². The molecule has 2 heterocycles. The number of anilines is 1. The van der Waals surface area contributed by atoms with Crippen LogP contribution in [0.5, 0.6) is 17.2 Å². The number of nitrogens with one attached hydrogen (secondary N) is 1. The van der Waals surface area contributed by atoms with Gasteiger partial charge in [-0.1, -0.05) is 67.9 Å². The minimum Gasteiger partial charge on any atom is -0.478 e. The molecule has 1 N–H and O–H groups in total. The fourth-order valence-corrected chi connectivity index (χ4v) is 5.50. The second-order valence-electron chi connectivity index (χ2n) is 10.6. The number of hydrogen-bond donors (Lipinski definition) is 1. The van der Waals surface area contributed by atoms with Gasteiger partial charge in [0.1, 0.15) is 17.2 Å². The average Bonchev–Trinajstić information content (AvgIpc) is 2.88. The molecule has 4 aromatic carbocycles. The standard InChI is InChI=1S/C32H31ClN2O3/c1-20(2)12-31-32(36)35(19-21-17-34-18-21)29-16-28(33)27(15-30(29)38-31)26-14-24(37-23-9-4-3-5-10-23)13-22-8-6-7-11-25(22)26/h3-11,13-16,20-21,31,34H,12,17-19H2,1-2H3. The van der Waals surface area contributed by atoms with E-state index in [1.807, 2.05) is 71.6 Å². The first kappa shape index (κ1) is 24.8. The van der Waals surface area contributed by atoms with E-state index in [0.717, 1.165) is 52.2 Å². The van der Waals surface area contributed by atoms with E-state index in [-0.39, 0.29) is 5.91 Å². The highest BCUT2D eigenvalue weighted by molar-refractivity contribution is 6.34. The van der Waals surface area contributed by atoms with Crippen molar-refractivity contribution in [1.29, 1.82) is 0 Å². The van der Waals surface area contributed by atoms with Gasteiger partial charge >= 0.3 is 0 Å². The predicted molar refractivity (Wildman–Crippen MR) is 153 cm³/mol. The van der Waals surface area contributed by atoms with Gasteiger partial charge in [-0.3, -0.25) is 4.79 Å². The highest BCUT2D eigenvalue weighted by atomic mass is 35.5. The van der Waals surface area contributed by atoms with Crippen LogP contribution in [0.2, 0.25) is 5.02 Å². The molecule has 0 spiro atoms. The van der Waals surface area contributed by atoms with Gasteiger partial charge in [0, 0.05) is 31.1 Å². The van der Waals surface area contributed by atoms with Crippen molar-refractivity contribution in [2.75, 3.05) is 24.5 Å². The van der Waals surface area contributed by atoms with Crippen LogP contribution in [-0.4, -0.2) is 31.6 Å². The van der Waals surface area contributed by atoms with Crippen LogP contribution in [0.4, 0.5) is 5.69 Å². The Hall–Kier alpha value is -3.54. The monoisotopic (exact) mass is 526 g/mol. The molecular formula is C32H31ClN2O3. The van der Waals surface area contributed by atoms with Crippen molar-refractivity contribution in [3.63, 3.8) is 0 Å². The van der Waals surface area contributed by atoms with Gasteiger partial charge in [-0.25, -0.2) is 0 Å². The lowest BCUT2D eigenvalue weighted by molar-refractivity contribution is -0.127. The molecular weight excluding hydrogens is 496 g/mol. The molecule has 1 unspecified atom stereocenters. The number of nitrogens with zero attached hydrogens (tertiary/aromatic N) is 1. The zero-order valence-corrected chi connectivity index (χ0v) is 22.4. The van der Waals surface area contributed by atoms with Crippen molar-refractivity contribution < 1.29 is 14.3 Å². The molecule has 5 nitrogen and oxygen atoms in total. The van der Waals surface area contributed by atoms with Crippen molar-refractivity contribution in [1.82, 2.24) is 5.32 Å². The topological polar surface area (TPSA) is 50.8 Å². The summed E-state index contributed by atoms with van der Waals surface area (Å²) in [6, 6.07) is 25.9. The molecule has 2 aliphatic heterocycles. The minimum atomic E-state index is -0.506. The summed E-state index contributed by atoms with van der Waals surface area (Å²) in [7, 11) is 0. The molecule has 4 aromatic rings. The SMILES string of the molecule is CC(C)CC1Oc2cc(-c3cc(Oc4ccccc4)cc4ccccc34)c(Cl)cc2N(CC2CNC2)C1=O. The fourth-order valence-electron chi connectivity index (χ4n) is 5.24. The van der Waals surface area contributed by atoms with Crippen LogP contribution >= 0.6 is 11.6 Å². The maximum Gasteiger partial charge on any atom is 0.268 e. The highest BCUT2D eigenvalue weighted by Crippen LogP contribution is 2.45. The number of rotatable bonds is 7. The van der Waals surface area contributed by atoms with Crippen LogP contribution < -0.4 is 19.7 Å². The number of carbonyl (C=O) groups excluding carboxylic acids is 1. The van der Waals surface area contributed by atoms with Gasteiger partial charge < -0.3 is 19.7 Å². The van der Waals surface area contributed by atoms with E-state index >= 15 is 0 Å². The number of hydrogen-bond acceptors (Lipinski definition) is 4. The van der Waals surface area contributed by atoms with Crippen molar-refractivity contribution in [3.8, 4) is 28.4 Å². The third-order valence-electron chi connectivity index (χ3n) is 7.25. The number of para-hydroxylation sites is 1. The number of benzene rings is 4. The molecule has 2 aliphatic rings. The van der Waals surface area contributed by atoms with Crippen LogP contribution in [0.15, 0.2) is 78.9 Å². The van der Waals surface area contributed by atoms with Crippen molar-refractivity contribution in [2.45, 2.75) is 26.4 Å². The smallest absolute Gasteiger partial charge is 0.268 e. The van der Waals surface area contributed by atoms with Gasteiger partial charge in [0.15, 0.2) is 6.10 Å². The molecule has 0 saturated carbocycles. The lowest BCUT2D eigenvalue weighted by atomic mass is 9.95. The molecule has 0 aliphatic carbocycles. The van der Waals surface area contributed by atoms with Gasteiger partial charge in [0.05, 0.1) is 10.7 Å². The molecule has 1 amide bonds. The first-order chi connectivity index (χ1) is 18.5. The number of halogens is 1. The number of fused-ring (bicyclic) bond motifs is 2. The predicted octanol–water partition coefficient (Wildman–Crippen LogP) is 7.31. The third-order valence-corrected chi connectivity index (χ3v) is 7.56. The first-order valence-corrected chi connectivity index (χ1v) is 13.6. The fraction of sp³-hybridized carbons (Fsp3) is 0.281. The number of ether oxygens (including phenoxy) is 2. The summed E-state index contributed by atoms with van der Waals surface area (Å²) in [5, 5.41) is 6.00. The third kappa shape index (κ3) is 4.84. The zero-order chi connectivity index (χ0) is 26.2. The Kier molecular flexibility index (Phi) is 6.73. The number of carbonyl (C=O) groups is 1. The van der Waals surface area contributed by atoms with E-state index in [1.165, 1.54) is 0 Å². The Balaban J connectivity index is 1.45. The number of amides is 1. The summed E-state index contributed by atoms with van der Waals surface area (Å²) in [5.74, 6) is 2.97. The van der Waals surface area contributed by atoms with E-state index in [2.05, 4.69) is 31.3 Å². The molecule has 0 aromatic heterocycles. The Bertz CT molecular complexity index is 1480. The molecule has 0 radical (unpaired) electrons. The average molecular weight is 527 g/mol. The lowest BCUT2D eigenvalue weighted by Crippen LogP contribution is -2.54. The Labute approximate surface area is 228 Å². The summed E-state index contributed by atoms with van der Waals surface area (Å²) in [4.78, 5) is 15.4. The van der Waals surface area contributed by atoms with Crippen LogP contribution in [0.25, 0.3) is 21.9 Å². The molecule has 1 fully saturated rings. The van der Waals surface area contributed by atoms with Crippen LogP contribution in [-0.2, 0) is 4.79 Å². The van der Waals surface area contributed by atoms with Crippen molar-refractivity contribution in [2.24, 2.45) is 11.8 Å². The molecule has 194 valence electrons. The molecule has 6 heteroatoms. The van der Waals surface area contributed by atoms with E-state index in [0.29, 0.717) is 35.6 Å². The van der Waals surface area contributed by atoms with Crippen molar-refractivity contribution >= 4 is 34.0 Å². The molecule has 38 heavy (non-hydrogen) atoms. The Morgan fingerprint density at radius 2 is 1.74 bits per heavy atom. The molecule has 6 rings (SSSR count). The second kappa shape index (κ2) is 10.3. The van der Waals surface area contributed by atoms with Crippen LogP contribution in [0.1, 0.15) is 20.3 Å². The van der Waals surface area contributed by atoms with Gasteiger partial charge in [0.2, 0.25) is 0 Å². The Morgan fingerprint density at radius 3 is 2.47 bits per heavy atom. The maximum absolute atomic E-state index is 13.5. The minimum absolute atomic E-state index is 0.0191. The summed E-state index contributed by atoms with van der Waals surface area (Å²) >= 11 is 6.98. The quantitative estimate of drug-likeness (QED) is 0.274. The van der Waals surface area contributed by atoms with E-state index < -0.39 is 6.10 Å². The van der Waals surface area contributed by atoms with Gasteiger partial charge in [-0.05, 0) is 65.1 Å². The maximum atomic E-state index is 13.5. The van der Waals surface area contributed by atoms with Gasteiger partial charge in [-0.15, -0.1) is 0 Å². The summed E-state index contributed by atoms with van der Waals surface area (Å²) in [6.45, 7) is 6.73. The largest absolute Gasteiger partial charge is 0.478 e. The van der Waals surface area contributed by atoms with Gasteiger partial charge in [-0.2, -0.15) is 0 Å². The second-order valence-corrected chi connectivity index (χ2v) is 11.0. The summed E-state index contributed by atoms with van der Waals surface area (Å²) in [5.41, 5.74) is 2.55. The molecule has 1 saturated heterocycles. The van der Waals surface area contributed by atoms with E-state index in [1.54, 1.807) is 0 Å². The summed E-state index contributed by atoms with van der Waals surface area (Å²) in [6.07, 6.45) is 0.160.